The lowest BCUT2D eigenvalue weighted by molar-refractivity contribution is 0.0516. The summed E-state index contributed by atoms with van der Waals surface area (Å²) in [6.45, 7) is 3.87. The number of ether oxygens (including phenoxy) is 3. The van der Waals surface area contributed by atoms with Crippen molar-refractivity contribution in [2.24, 2.45) is 0 Å². The molecule has 0 unspecified atom stereocenters. The molecular weight excluding hydrogens is 320 g/mol. The van der Waals surface area contributed by atoms with Crippen molar-refractivity contribution in [3.63, 3.8) is 0 Å². The second-order valence-electron chi connectivity index (χ2n) is 5.78. The Morgan fingerprint density at radius 2 is 1.87 bits per heavy atom. The van der Waals surface area contributed by atoms with Crippen LogP contribution in [-0.2, 0) is 20.4 Å². The van der Waals surface area contributed by atoms with E-state index >= 15 is 0 Å². The Balaban J connectivity index is 1.85. The summed E-state index contributed by atoms with van der Waals surface area (Å²) in [5.41, 5.74) is 0.742. The minimum absolute atomic E-state index is 0.224. The molecule has 0 saturated carbocycles. The van der Waals surface area contributed by atoms with Crippen LogP contribution in [0, 0.1) is 0 Å². The summed E-state index contributed by atoms with van der Waals surface area (Å²) in [4.78, 5) is 0. The van der Waals surface area contributed by atoms with Crippen LogP contribution in [0.25, 0.3) is 0 Å². The van der Waals surface area contributed by atoms with Gasteiger partial charge in [-0.1, -0.05) is 13.0 Å². The molecule has 1 aromatic carbocycles. The average Bonchev–Trinajstić information content (AvgIpc) is 3.01. The summed E-state index contributed by atoms with van der Waals surface area (Å²) in [6.07, 6.45) is 1.50. The summed E-state index contributed by atoms with van der Waals surface area (Å²) in [7, 11) is -3.49. The van der Waals surface area contributed by atoms with Gasteiger partial charge in [-0.3, -0.25) is 0 Å². The first-order chi connectivity index (χ1) is 11.0. The van der Waals surface area contributed by atoms with E-state index in [1.54, 1.807) is 6.92 Å². The average molecular weight is 342 g/mol. The van der Waals surface area contributed by atoms with Gasteiger partial charge in [0.15, 0.2) is 11.5 Å². The second kappa shape index (κ2) is 6.64. The molecule has 1 aromatic rings. The van der Waals surface area contributed by atoms with E-state index in [-0.39, 0.29) is 12.2 Å². The van der Waals surface area contributed by atoms with Gasteiger partial charge in [-0.15, -0.1) is 0 Å². The molecule has 128 valence electrons. The number of benzene rings is 1. The topological polar surface area (TPSA) is 85.9 Å². The van der Waals surface area contributed by atoms with E-state index < -0.39 is 10.2 Å². The molecule has 0 spiro atoms. The van der Waals surface area contributed by atoms with Crippen molar-refractivity contribution in [2.75, 3.05) is 33.1 Å². The minimum atomic E-state index is -3.49. The highest BCUT2D eigenvalue weighted by atomic mass is 32.2. The smallest absolute Gasteiger partial charge is 0.276 e. The Morgan fingerprint density at radius 1 is 1.13 bits per heavy atom. The van der Waals surface area contributed by atoms with Gasteiger partial charge in [0.2, 0.25) is 6.79 Å². The van der Waals surface area contributed by atoms with E-state index in [1.165, 1.54) is 0 Å². The van der Waals surface area contributed by atoms with Gasteiger partial charge in [0.1, 0.15) is 0 Å². The SMILES string of the molecule is CCNS(=O)(=O)NCC1(c2ccc3c(c2)OCO3)CCOCC1. The monoisotopic (exact) mass is 342 g/mol. The normalized spacial score (nSPS) is 19.7. The van der Waals surface area contributed by atoms with Crippen LogP contribution >= 0.6 is 0 Å². The molecule has 1 fully saturated rings. The Labute approximate surface area is 136 Å². The number of fused-ring (bicyclic) bond motifs is 1. The van der Waals surface area contributed by atoms with Crippen molar-refractivity contribution >= 4 is 10.2 Å². The van der Waals surface area contributed by atoms with Gasteiger partial charge in [0.05, 0.1) is 0 Å². The number of hydrogen-bond acceptors (Lipinski definition) is 5. The van der Waals surface area contributed by atoms with Gasteiger partial charge in [0, 0.05) is 31.7 Å². The fraction of sp³-hybridized carbons (Fsp3) is 0.600. The van der Waals surface area contributed by atoms with Crippen LogP contribution < -0.4 is 18.9 Å². The molecule has 8 heteroatoms. The molecule has 0 aliphatic carbocycles. The zero-order valence-electron chi connectivity index (χ0n) is 13.1. The van der Waals surface area contributed by atoms with E-state index in [1.807, 2.05) is 18.2 Å². The van der Waals surface area contributed by atoms with Crippen LogP contribution in [0.1, 0.15) is 25.3 Å². The van der Waals surface area contributed by atoms with Crippen LogP contribution in [0.5, 0.6) is 11.5 Å². The molecule has 7 nitrogen and oxygen atoms in total. The predicted octanol–water partition coefficient (Wildman–Crippen LogP) is 0.907. The van der Waals surface area contributed by atoms with E-state index in [9.17, 15) is 8.42 Å². The molecule has 1 saturated heterocycles. The molecule has 0 aromatic heterocycles. The van der Waals surface area contributed by atoms with Gasteiger partial charge in [-0.2, -0.15) is 8.42 Å². The molecule has 2 N–H and O–H groups in total. The standard InChI is InChI=1S/C15H22N2O5S/c1-2-16-23(18,19)17-10-15(5-7-20-8-6-15)12-3-4-13-14(9-12)22-11-21-13/h3-4,9,16-17H,2,5-8,10-11H2,1H3. The number of hydrogen-bond donors (Lipinski definition) is 2. The second-order valence-corrected chi connectivity index (χ2v) is 7.37. The first kappa shape index (κ1) is 16.5. The summed E-state index contributed by atoms with van der Waals surface area (Å²) >= 11 is 0. The maximum absolute atomic E-state index is 11.9. The first-order valence-electron chi connectivity index (χ1n) is 7.77. The molecule has 23 heavy (non-hydrogen) atoms. The highest BCUT2D eigenvalue weighted by Crippen LogP contribution is 2.40. The number of nitrogens with one attached hydrogen (secondary N) is 2. The van der Waals surface area contributed by atoms with Crippen molar-refractivity contribution < 1.29 is 22.6 Å². The van der Waals surface area contributed by atoms with Gasteiger partial charge in [-0.05, 0) is 30.5 Å². The Hall–Kier alpha value is -1.35. The zero-order valence-corrected chi connectivity index (χ0v) is 13.9. The Morgan fingerprint density at radius 3 is 2.61 bits per heavy atom. The maximum Gasteiger partial charge on any atom is 0.276 e. The molecule has 2 heterocycles. The van der Waals surface area contributed by atoms with E-state index in [2.05, 4.69) is 9.44 Å². The third kappa shape index (κ3) is 3.60. The van der Waals surface area contributed by atoms with Crippen molar-refractivity contribution in [3.8, 4) is 11.5 Å². The Kier molecular flexibility index (Phi) is 4.77. The van der Waals surface area contributed by atoms with Gasteiger partial charge in [-0.25, -0.2) is 9.44 Å². The lowest BCUT2D eigenvalue weighted by Gasteiger charge is -2.38. The molecular formula is C15H22N2O5S. The lowest BCUT2D eigenvalue weighted by atomic mass is 9.74. The third-order valence-corrected chi connectivity index (χ3v) is 5.56. The van der Waals surface area contributed by atoms with Crippen molar-refractivity contribution in [1.29, 1.82) is 0 Å². The third-order valence-electron chi connectivity index (χ3n) is 4.37. The van der Waals surface area contributed by atoms with Crippen LogP contribution in [0.4, 0.5) is 0 Å². The van der Waals surface area contributed by atoms with E-state index in [4.69, 9.17) is 14.2 Å². The maximum atomic E-state index is 11.9. The van der Waals surface area contributed by atoms with E-state index in [0.29, 0.717) is 32.1 Å². The van der Waals surface area contributed by atoms with Crippen molar-refractivity contribution in [3.05, 3.63) is 23.8 Å². The molecule has 2 aliphatic heterocycles. The molecule has 0 atom stereocenters. The molecule has 0 bridgehead atoms. The summed E-state index contributed by atoms with van der Waals surface area (Å²) in [5.74, 6) is 1.44. The van der Waals surface area contributed by atoms with Crippen LogP contribution in [-0.4, -0.2) is 41.5 Å². The largest absolute Gasteiger partial charge is 0.454 e. The summed E-state index contributed by atoms with van der Waals surface area (Å²) in [6, 6.07) is 5.82. The minimum Gasteiger partial charge on any atom is -0.454 e. The quantitative estimate of drug-likeness (QED) is 0.802. The number of rotatable bonds is 6. The zero-order chi connectivity index (χ0) is 16.3. The van der Waals surface area contributed by atoms with Gasteiger partial charge >= 0.3 is 0 Å². The van der Waals surface area contributed by atoms with Crippen molar-refractivity contribution in [2.45, 2.75) is 25.2 Å². The van der Waals surface area contributed by atoms with Crippen molar-refractivity contribution in [1.82, 2.24) is 9.44 Å². The molecule has 0 amide bonds. The van der Waals surface area contributed by atoms with Crippen LogP contribution in [0.2, 0.25) is 0 Å². The molecule has 2 aliphatic rings. The first-order valence-corrected chi connectivity index (χ1v) is 9.25. The predicted molar refractivity (Wildman–Crippen MR) is 84.9 cm³/mol. The van der Waals surface area contributed by atoms with Gasteiger partial charge < -0.3 is 14.2 Å². The lowest BCUT2D eigenvalue weighted by Crippen LogP contribution is -2.47. The Bertz CT molecular complexity index is 656. The summed E-state index contributed by atoms with van der Waals surface area (Å²) < 4.78 is 45.3. The van der Waals surface area contributed by atoms with Crippen LogP contribution in [0.3, 0.4) is 0 Å². The fourth-order valence-electron chi connectivity index (χ4n) is 3.03. The fourth-order valence-corrected chi connectivity index (χ4v) is 3.98. The molecule has 3 rings (SSSR count). The highest BCUT2D eigenvalue weighted by Gasteiger charge is 2.36. The highest BCUT2D eigenvalue weighted by molar-refractivity contribution is 7.87. The van der Waals surface area contributed by atoms with E-state index in [0.717, 1.165) is 24.2 Å². The summed E-state index contributed by atoms with van der Waals surface area (Å²) in [5, 5.41) is 0. The molecule has 0 radical (unpaired) electrons. The van der Waals surface area contributed by atoms with Crippen LogP contribution in [0.15, 0.2) is 18.2 Å². The van der Waals surface area contributed by atoms with Gasteiger partial charge in [0.25, 0.3) is 10.2 Å².